The molecule has 1 heterocycles. The Labute approximate surface area is 174 Å². The monoisotopic (exact) mass is 412 g/mol. The van der Waals surface area contributed by atoms with Crippen LogP contribution >= 0.6 is 23.1 Å². The molecular weight excluding hydrogens is 388 g/mol. The first-order valence-corrected chi connectivity index (χ1v) is 11.2. The van der Waals surface area contributed by atoms with Gasteiger partial charge in [0.25, 0.3) is 5.91 Å². The van der Waals surface area contributed by atoms with Gasteiger partial charge in [0.05, 0.1) is 6.61 Å². The maximum Gasteiger partial charge on any atom is 0.256 e. The standard InChI is InChI=1S/C22H24N2O2S2/c1-3-5-15-26-18-13-11-17(12-14-18)20(25)24-21-19(16-9-7-6-8-10-16)23-22(28-21)27-4-2/h6-14H,3-5,15H2,1-2H3,(H,24,25). The number of rotatable bonds is 9. The van der Waals surface area contributed by atoms with Crippen molar-refractivity contribution in [3.8, 4) is 17.0 Å². The summed E-state index contributed by atoms with van der Waals surface area (Å²) in [4.78, 5) is 17.5. The maximum atomic E-state index is 12.8. The highest BCUT2D eigenvalue weighted by Crippen LogP contribution is 2.37. The van der Waals surface area contributed by atoms with Crippen molar-refractivity contribution in [2.45, 2.75) is 31.0 Å². The van der Waals surface area contributed by atoms with Crippen LogP contribution in [0.2, 0.25) is 0 Å². The molecule has 0 aliphatic heterocycles. The van der Waals surface area contributed by atoms with Gasteiger partial charge >= 0.3 is 0 Å². The van der Waals surface area contributed by atoms with Gasteiger partial charge in [0.2, 0.25) is 0 Å². The number of nitrogens with one attached hydrogen (secondary N) is 1. The zero-order valence-corrected chi connectivity index (χ0v) is 17.7. The third kappa shape index (κ3) is 5.36. The fourth-order valence-electron chi connectivity index (χ4n) is 2.57. The van der Waals surface area contributed by atoms with E-state index < -0.39 is 0 Å². The lowest BCUT2D eigenvalue weighted by atomic mass is 10.1. The third-order valence-electron chi connectivity index (χ3n) is 4.03. The summed E-state index contributed by atoms with van der Waals surface area (Å²) in [5.74, 6) is 1.58. The predicted octanol–water partition coefficient (Wildman–Crippen LogP) is 6.35. The smallest absolute Gasteiger partial charge is 0.256 e. The van der Waals surface area contributed by atoms with Gasteiger partial charge < -0.3 is 10.1 Å². The summed E-state index contributed by atoms with van der Waals surface area (Å²) in [5, 5.41) is 3.81. The Kier molecular flexibility index (Phi) is 7.51. The first-order chi connectivity index (χ1) is 13.7. The number of ether oxygens (including phenoxy) is 1. The molecule has 3 aromatic rings. The van der Waals surface area contributed by atoms with Crippen LogP contribution in [0.3, 0.4) is 0 Å². The van der Waals surface area contributed by atoms with Gasteiger partial charge in [-0.15, -0.1) is 0 Å². The molecule has 0 saturated heterocycles. The molecule has 1 N–H and O–H groups in total. The highest BCUT2D eigenvalue weighted by Gasteiger charge is 2.16. The number of hydrogen-bond donors (Lipinski definition) is 1. The molecule has 0 fully saturated rings. The summed E-state index contributed by atoms with van der Waals surface area (Å²) in [5.41, 5.74) is 2.41. The molecule has 0 spiro atoms. The minimum Gasteiger partial charge on any atom is -0.494 e. The molecule has 2 aromatic carbocycles. The summed E-state index contributed by atoms with van der Waals surface area (Å²) in [6, 6.07) is 17.2. The molecule has 3 rings (SSSR count). The predicted molar refractivity (Wildman–Crippen MR) is 119 cm³/mol. The molecule has 0 aliphatic rings. The Bertz CT molecular complexity index is 893. The van der Waals surface area contributed by atoms with Crippen LogP contribution < -0.4 is 10.1 Å². The van der Waals surface area contributed by atoms with Crippen molar-refractivity contribution in [2.75, 3.05) is 17.7 Å². The van der Waals surface area contributed by atoms with Crippen molar-refractivity contribution in [3.63, 3.8) is 0 Å². The molecule has 0 aliphatic carbocycles. The lowest BCUT2D eigenvalue weighted by Gasteiger charge is -2.08. The van der Waals surface area contributed by atoms with Gasteiger partial charge in [0, 0.05) is 11.1 Å². The van der Waals surface area contributed by atoms with Crippen molar-refractivity contribution in [1.29, 1.82) is 0 Å². The van der Waals surface area contributed by atoms with Crippen LogP contribution in [-0.2, 0) is 0 Å². The van der Waals surface area contributed by atoms with Crippen LogP contribution in [0.5, 0.6) is 5.75 Å². The average molecular weight is 413 g/mol. The van der Waals surface area contributed by atoms with Crippen molar-refractivity contribution < 1.29 is 9.53 Å². The summed E-state index contributed by atoms with van der Waals surface area (Å²) < 4.78 is 6.62. The normalized spacial score (nSPS) is 10.6. The molecule has 0 atom stereocenters. The van der Waals surface area contributed by atoms with E-state index in [-0.39, 0.29) is 5.91 Å². The number of aromatic nitrogens is 1. The van der Waals surface area contributed by atoms with Crippen LogP contribution in [0, 0.1) is 0 Å². The van der Waals surface area contributed by atoms with E-state index in [1.165, 1.54) is 11.3 Å². The van der Waals surface area contributed by atoms with Gasteiger partial charge in [0.1, 0.15) is 16.4 Å². The van der Waals surface area contributed by atoms with E-state index in [2.05, 4.69) is 19.2 Å². The fourth-order valence-corrected chi connectivity index (χ4v) is 4.53. The minimum absolute atomic E-state index is 0.144. The van der Waals surface area contributed by atoms with Gasteiger partial charge in [-0.05, 0) is 36.4 Å². The van der Waals surface area contributed by atoms with E-state index in [0.29, 0.717) is 12.2 Å². The Morgan fingerprint density at radius 3 is 2.54 bits per heavy atom. The lowest BCUT2D eigenvalue weighted by molar-refractivity contribution is 0.102. The number of hydrogen-bond acceptors (Lipinski definition) is 5. The van der Waals surface area contributed by atoms with E-state index in [0.717, 1.165) is 44.9 Å². The molecule has 6 heteroatoms. The highest BCUT2D eigenvalue weighted by atomic mass is 32.2. The first kappa shape index (κ1) is 20.4. The molecule has 146 valence electrons. The number of thiazole rings is 1. The Morgan fingerprint density at radius 2 is 1.86 bits per heavy atom. The van der Waals surface area contributed by atoms with Crippen LogP contribution in [-0.4, -0.2) is 23.3 Å². The van der Waals surface area contributed by atoms with Crippen LogP contribution in [0.1, 0.15) is 37.0 Å². The molecule has 4 nitrogen and oxygen atoms in total. The quantitative estimate of drug-likeness (QED) is 0.328. The summed E-state index contributed by atoms with van der Waals surface area (Å²) in [6.45, 7) is 4.92. The van der Waals surface area contributed by atoms with Gasteiger partial charge in [-0.1, -0.05) is 73.7 Å². The molecule has 0 bridgehead atoms. The van der Waals surface area contributed by atoms with Crippen LogP contribution in [0.25, 0.3) is 11.3 Å². The zero-order chi connectivity index (χ0) is 19.8. The Morgan fingerprint density at radius 1 is 1.11 bits per heavy atom. The molecule has 1 amide bonds. The zero-order valence-electron chi connectivity index (χ0n) is 16.1. The topological polar surface area (TPSA) is 51.2 Å². The van der Waals surface area contributed by atoms with Gasteiger partial charge in [-0.3, -0.25) is 4.79 Å². The molecule has 0 saturated carbocycles. The second-order valence-electron chi connectivity index (χ2n) is 6.14. The number of anilines is 1. The maximum absolute atomic E-state index is 12.8. The number of nitrogens with zero attached hydrogens (tertiary/aromatic N) is 1. The molecule has 1 aromatic heterocycles. The van der Waals surface area contributed by atoms with Crippen molar-refractivity contribution in [3.05, 3.63) is 60.2 Å². The van der Waals surface area contributed by atoms with Gasteiger partial charge in [-0.2, -0.15) is 0 Å². The van der Waals surface area contributed by atoms with Crippen molar-refractivity contribution in [1.82, 2.24) is 4.98 Å². The van der Waals surface area contributed by atoms with Gasteiger partial charge in [-0.25, -0.2) is 4.98 Å². The third-order valence-corrected chi connectivity index (χ3v) is 6.03. The second kappa shape index (κ2) is 10.3. The van der Waals surface area contributed by atoms with Crippen molar-refractivity contribution in [2.24, 2.45) is 0 Å². The SMILES string of the molecule is CCCCOc1ccc(C(=O)Nc2sc(SCC)nc2-c2ccccc2)cc1. The number of thioether (sulfide) groups is 1. The average Bonchev–Trinajstić information content (AvgIpc) is 3.12. The van der Waals surface area contributed by atoms with E-state index in [4.69, 9.17) is 9.72 Å². The van der Waals surface area contributed by atoms with E-state index in [1.807, 2.05) is 42.5 Å². The summed E-state index contributed by atoms with van der Waals surface area (Å²) >= 11 is 3.19. The minimum atomic E-state index is -0.144. The number of unbranched alkanes of at least 4 members (excludes halogenated alkanes) is 1. The van der Waals surface area contributed by atoms with E-state index >= 15 is 0 Å². The number of carbonyl (C=O) groups is 1. The fraction of sp³-hybridized carbons (Fsp3) is 0.273. The molecule has 0 radical (unpaired) electrons. The number of amides is 1. The molecule has 28 heavy (non-hydrogen) atoms. The van der Waals surface area contributed by atoms with E-state index in [1.54, 1.807) is 23.9 Å². The Hall–Kier alpha value is -2.31. The van der Waals surface area contributed by atoms with E-state index in [9.17, 15) is 4.79 Å². The molecular formula is C22H24N2O2S2. The molecule has 0 unspecified atom stereocenters. The number of carbonyl (C=O) groups excluding carboxylic acids is 1. The second-order valence-corrected chi connectivity index (χ2v) is 8.65. The number of benzene rings is 2. The highest BCUT2D eigenvalue weighted by molar-refractivity contribution is 8.01. The van der Waals surface area contributed by atoms with Crippen molar-refractivity contribution >= 4 is 34.0 Å². The lowest BCUT2D eigenvalue weighted by Crippen LogP contribution is -2.11. The van der Waals surface area contributed by atoms with Crippen LogP contribution in [0.15, 0.2) is 58.9 Å². The van der Waals surface area contributed by atoms with Gasteiger partial charge in [0.15, 0.2) is 4.34 Å². The Balaban J connectivity index is 1.76. The largest absolute Gasteiger partial charge is 0.494 e. The first-order valence-electron chi connectivity index (χ1n) is 9.44. The van der Waals surface area contributed by atoms with Crippen LogP contribution in [0.4, 0.5) is 5.00 Å². The summed E-state index contributed by atoms with van der Waals surface area (Å²) in [7, 11) is 0. The summed E-state index contributed by atoms with van der Waals surface area (Å²) in [6.07, 6.45) is 2.12.